The van der Waals surface area contributed by atoms with Gasteiger partial charge in [0.25, 0.3) is 0 Å². The maximum absolute atomic E-state index is 12.5. The topological polar surface area (TPSA) is 51.8 Å². The van der Waals surface area contributed by atoms with E-state index in [2.05, 4.69) is 91.7 Å². The van der Waals surface area contributed by atoms with Gasteiger partial charge in [-0.05, 0) is 54.4 Å². The minimum absolute atomic E-state index is 0.0588. The summed E-state index contributed by atoms with van der Waals surface area (Å²) in [6.45, 7) is 6.73. The molecule has 1 aliphatic carbocycles. The number of piperidine rings is 1. The molecule has 0 radical (unpaired) electrons. The number of fused-ring (bicyclic) bond motifs is 1. The molecule has 1 spiro atoms. The molecule has 1 aromatic heterocycles. The van der Waals surface area contributed by atoms with Gasteiger partial charge in [-0.1, -0.05) is 37.9 Å². The predicted octanol–water partition coefficient (Wildman–Crippen LogP) is 7.12. The monoisotopic (exact) mass is 720 g/mol. The third-order valence-electron chi connectivity index (χ3n) is 10.8. The van der Waals surface area contributed by atoms with Crippen LogP contribution < -0.4 is 18.8 Å². The molecule has 1 N–H and O–H groups in total. The van der Waals surface area contributed by atoms with Gasteiger partial charge < -0.3 is 19.3 Å². The van der Waals surface area contributed by atoms with Gasteiger partial charge in [0.1, 0.15) is 29.9 Å². The molecule has 8 heteroatoms. The summed E-state index contributed by atoms with van der Waals surface area (Å²) in [5.41, 5.74) is 4.40. The minimum atomic E-state index is -0.624. The number of hydrogen-bond donors (Lipinski definition) is 1. The van der Waals surface area contributed by atoms with Crippen molar-refractivity contribution in [3.8, 4) is 17.2 Å². The Bertz CT molecular complexity index is 1780. The lowest BCUT2D eigenvalue weighted by Gasteiger charge is -2.38. The van der Waals surface area contributed by atoms with Gasteiger partial charge in [0.15, 0.2) is 24.3 Å². The molecule has 2 saturated heterocycles. The molecule has 2 aliphatic heterocycles. The highest BCUT2D eigenvalue weighted by atomic mass is 79.9. The average molecular weight is 723 g/mol. The Labute approximate surface area is 275 Å². The normalized spacial score (nSPS) is 27.2. The van der Waals surface area contributed by atoms with Crippen molar-refractivity contribution in [3.05, 3.63) is 105 Å². The van der Waals surface area contributed by atoms with Gasteiger partial charge in [-0.2, -0.15) is 4.57 Å². The van der Waals surface area contributed by atoms with Crippen LogP contribution in [-0.4, -0.2) is 49.0 Å². The van der Waals surface area contributed by atoms with Crippen molar-refractivity contribution in [3.63, 3.8) is 0 Å². The molecule has 7 rings (SSSR count). The molecule has 6 atom stereocenters. The zero-order valence-corrected chi connectivity index (χ0v) is 28.5. The second kappa shape index (κ2) is 11.2. The van der Waals surface area contributed by atoms with Crippen molar-refractivity contribution < 1.29 is 28.4 Å². The third-order valence-corrected chi connectivity index (χ3v) is 12.4. The van der Waals surface area contributed by atoms with E-state index in [4.69, 9.17) is 14.2 Å². The number of benzene rings is 3. The highest BCUT2D eigenvalue weighted by Gasteiger charge is 2.91. The molecule has 6 nitrogen and oxygen atoms in total. The molecule has 228 valence electrons. The fraction of sp³-hybridized carbons (Fsp3) is 0.361. The Kier molecular flexibility index (Phi) is 7.55. The first-order valence-corrected chi connectivity index (χ1v) is 16.7. The van der Waals surface area contributed by atoms with E-state index in [1.807, 2.05) is 24.3 Å². The largest absolute Gasteiger partial charge is 0.497 e. The van der Waals surface area contributed by atoms with Crippen LogP contribution in [0.15, 0.2) is 88.5 Å². The second-order valence-electron chi connectivity index (χ2n) is 12.5. The van der Waals surface area contributed by atoms with Gasteiger partial charge in [-0.3, -0.25) is 4.48 Å². The lowest BCUT2D eigenvalue weighted by molar-refractivity contribution is -0.851. The van der Waals surface area contributed by atoms with E-state index in [9.17, 15) is 5.11 Å². The molecule has 3 aliphatic rings. The van der Waals surface area contributed by atoms with Crippen LogP contribution in [0.3, 0.4) is 0 Å². The van der Waals surface area contributed by atoms with Crippen LogP contribution in [0.25, 0.3) is 10.9 Å². The molecular weight excluding hydrogens is 684 g/mol. The van der Waals surface area contributed by atoms with Crippen molar-refractivity contribution in [1.29, 1.82) is 0 Å². The number of pyridine rings is 1. The first kappa shape index (κ1) is 29.8. The summed E-state index contributed by atoms with van der Waals surface area (Å²) in [6, 6.07) is 20.6. The Morgan fingerprint density at radius 1 is 0.955 bits per heavy atom. The number of halogens is 2. The maximum Gasteiger partial charge on any atom is 0.213 e. The highest BCUT2D eigenvalue weighted by molar-refractivity contribution is 9.10. The SMILES string of the molecule is C=CC1CC23C1CC[N+]2(Cc1cc(OC)ccc1Br)C3[C@@H](O)c1cc[n+](Cc2cc(OC)ccc2Br)c2ccc(OC)cc12. The van der Waals surface area contributed by atoms with Gasteiger partial charge in [0.2, 0.25) is 5.52 Å². The highest BCUT2D eigenvalue weighted by Crippen LogP contribution is 2.76. The van der Waals surface area contributed by atoms with E-state index in [1.54, 1.807) is 21.3 Å². The average Bonchev–Trinajstić information content (AvgIpc) is 3.55. The number of aromatic nitrogens is 1. The number of allylic oxidation sites excluding steroid dienone is 1. The van der Waals surface area contributed by atoms with E-state index in [1.165, 1.54) is 12.0 Å². The van der Waals surface area contributed by atoms with Crippen LogP contribution >= 0.6 is 31.9 Å². The molecule has 3 fully saturated rings. The Morgan fingerprint density at radius 3 is 2.27 bits per heavy atom. The lowest BCUT2D eigenvalue weighted by Crippen LogP contribution is -2.46. The van der Waals surface area contributed by atoms with Gasteiger partial charge in [0, 0.05) is 56.5 Å². The molecule has 4 aromatic rings. The number of quaternary nitrogens is 1. The Hall–Kier alpha value is -2.91. The maximum atomic E-state index is 12.5. The Balaban J connectivity index is 1.30. The van der Waals surface area contributed by atoms with E-state index in [-0.39, 0.29) is 11.6 Å². The van der Waals surface area contributed by atoms with Crippen molar-refractivity contribution in [2.45, 2.75) is 43.6 Å². The summed E-state index contributed by atoms with van der Waals surface area (Å²) in [6.07, 6.45) is 5.86. The third kappa shape index (κ3) is 4.36. The molecule has 0 amide bonds. The smallest absolute Gasteiger partial charge is 0.213 e. The number of aliphatic hydroxyl groups is 1. The van der Waals surface area contributed by atoms with Gasteiger partial charge in [-0.15, -0.1) is 6.58 Å². The van der Waals surface area contributed by atoms with Crippen molar-refractivity contribution in [2.75, 3.05) is 27.9 Å². The van der Waals surface area contributed by atoms with Gasteiger partial charge in [-0.25, -0.2) is 0 Å². The van der Waals surface area contributed by atoms with E-state index in [0.29, 0.717) is 18.4 Å². The number of rotatable bonds is 10. The number of methoxy groups -OCH3 is 3. The summed E-state index contributed by atoms with van der Waals surface area (Å²) < 4.78 is 22.0. The predicted molar refractivity (Wildman–Crippen MR) is 178 cm³/mol. The molecular formula is C36H38Br2N2O4+2. The van der Waals surface area contributed by atoms with Crippen LogP contribution in [0.1, 0.15) is 35.6 Å². The van der Waals surface area contributed by atoms with Crippen LogP contribution in [0.4, 0.5) is 0 Å². The van der Waals surface area contributed by atoms with Gasteiger partial charge in [0.05, 0.1) is 33.3 Å². The molecule has 0 bridgehead atoms. The summed E-state index contributed by atoms with van der Waals surface area (Å²) in [5.74, 6) is 3.51. The summed E-state index contributed by atoms with van der Waals surface area (Å²) >= 11 is 7.54. The number of hydrogen-bond acceptors (Lipinski definition) is 4. The zero-order valence-electron chi connectivity index (χ0n) is 25.3. The number of aliphatic hydroxyl groups excluding tert-OH is 1. The van der Waals surface area contributed by atoms with Crippen molar-refractivity contribution in [1.82, 2.24) is 0 Å². The summed E-state index contributed by atoms with van der Waals surface area (Å²) in [4.78, 5) is 0. The minimum Gasteiger partial charge on any atom is -0.497 e. The van der Waals surface area contributed by atoms with Crippen LogP contribution in [0, 0.1) is 11.8 Å². The fourth-order valence-corrected chi connectivity index (χ4v) is 9.53. The van der Waals surface area contributed by atoms with Crippen LogP contribution in [0.2, 0.25) is 0 Å². The Morgan fingerprint density at radius 2 is 1.59 bits per heavy atom. The standard InChI is InChI=1S/C36H38Br2N2O4/c1-5-22-19-36-30(22)13-15-40(36,21-24-17-26(43-3)7-10-32(24)38)35(36)34(41)28-12-14-39(33-11-8-27(44-4)18-29(28)33)20-23-16-25(42-2)6-9-31(23)37/h5-12,14,16-18,22,30,34-35,41H,1,13,15,19-21H2,2-4H3/q+2/t22?,30?,34-,35?,36?,40?/m0/s1. The lowest BCUT2D eigenvalue weighted by atomic mass is 9.61. The quantitative estimate of drug-likeness (QED) is 0.0821. The van der Waals surface area contributed by atoms with E-state index in [0.717, 1.165) is 72.2 Å². The first-order chi connectivity index (χ1) is 21.3. The van der Waals surface area contributed by atoms with Crippen molar-refractivity contribution in [2.24, 2.45) is 11.8 Å². The van der Waals surface area contributed by atoms with E-state index >= 15 is 0 Å². The van der Waals surface area contributed by atoms with Gasteiger partial charge >= 0.3 is 0 Å². The molecule has 44 heavy (non-hydrogen) atoms. The van der Waals surface area contributed by atoms with Crippen LogP contribution in [0.5, 0.6) is 17.2 Å². The molecule has 5 unspecified atom stereocenters. The summed E-state index contributed by atoms with van der Waals surface area (Å²) in [5, 5.41) is 13.5. The van der Waals surface area contributed by atoms with Crippen molar-refractivity contribution >= 4 is 42.8 Å². The number of nitrogens with zero attached hydrogens (tertiary/aromatic N) is 2. The summed E-state index contributed by atoms with van der Waals surface area (Å²) in [7, 11) is 5.09. The fourth-order valence-electron chi connectivity index (χ4n) is 8.79. The first-order valence-electron chi connectivity index (χ1n) is 15.1. The number of ether oxygens (including phenoxy) is 3. The van der Waals surface area contributed by atoms with Crippen LogP contribution in [-0.2, 0) is 13.1 Å². The molecule has 3 heterocycles. The molecule has 1 saturated carbocycles. The van der Waals surface area contributed by atoms with E-state index < -0.39 is 6.10 Å². The zero-order chi connectivity index (χ0) is 30.8. The molecule has 3 aromatic carbocycles. The second-order valence-corrected chi connectivity index (χ2v) is 14.2.